The van der Waals surface area contributed by atoms with Crippen LogP contribution in [0.3, 0.4) is 0 Å². The van der Waals surface area contributed by atoms with Crippen molar-refractivity contribution in [1.29, 1.82) is 0 Å². The molecule has 0 atom stereocenters. The Morgan fingerprint density at radius 1 is 1.47 bits per heavy atom. The first kappa shape index (κ1) is 14.2. The second-order valence-corrected chi connectivity index (χ2v) is 5.84. The van der Waals surface area contributed by atoms with Crippen molar-refractivity contribution >= 4 is 17.2 Å². The first-order valence-electron chi connectivity index (χ1n) is 5.89. The Labute approximate surface area is 107 Å². The quantitative estimate of drug-likeness (QED) is 0.782. The zero-order chi connectivity index (χ0) is 12.8. The molecule has 0 saturated heterocycles. The number of hydrogen-bond donors (Lipinski definition) is 0. The minimum atomic E-state index is 0.119. The van der Waals surface area contributed by atoms with Crippen LogP contribution >= 0.6 is 11.3 Å². The van der Waals surface area contributed by atoms with Crippen molar-refractivity contribution in [3.8, 4) is 0 Å². The molecule has 1 aromatic heterocycles. The molecule has 3 nitrogen and oxygen atoms in total. The van der Waals surface area contributed by atoms with Crippen molar-refractivity contribution in [1.82, 2.24) is 4.90 Å². The number of rotatable bonds is 6. The Balaban J connectivity index is 2.71. The van der Waals surface area contributed by atoms with E-state index in [9.17, 15) is 4.79 Å². The maximum Gasteiger partial charge on any atom is 0.264 e. The van der Waals surface area contributed by atoms with E-state index in [4.69, 9.17) is 4.74 Å². The van der Waals surface area contributed by atoms with Crippen LogP contribution < -0.4 is 0 Å². The molecule has 0 aliphatic carbocycles. The molecule has 0 saturated carbocycles. The highest BCUT2D eigenvalue weighted by atomic mass is 32.1. The standard InChI is InChI=1S/C13H21NO2S/c1-10(2)9-14(7-8-16-4)13(15)12-6-5-11(3)17-12/h5-6,10H,7-9H2,1-4H3. The fourth-order valence-electron chi connectivity index (χ4n) is 1.62. The van der Waals surface area contributed by atoms with Crippen molar-refractivity contribution in [3.05, 3.63) is 21.9 Å². The van der Waals surface area contributed by atoms with E-state index in [0.717, 1.165) is 11.4 Å². The lowest BCUT2D eigenvalue weighted by atomic mass is 10.2. The van der Waals surface area contributed by atoms with Crippen molar-refractivity contribution < 1.29 is 9.53 Å². The first-order valence-corrected chi connectivity index (χ1v) is 6.71. The van der Waals surface area contributed by atoms with Crippen molar-refractivity contribution in [3.63, 3.8) is 0 Å². The molecule has 0 bridgehead atoms. The van der Waals surface area contributed by atoms with E-state index in [1.54, 1.807) is 18.4 Å². The number of nitrogens with zero attached hydrogens (tertiary/aromatic N) is 1. The van der Waals surface area contributed by atoms with Gasteiger partial charge in [-0.2, -0.15) is 0 Å². The number of carbonyl (C=O) groups excluding carboxylic acids is 1. The Morgan fingerprint density at radius 2 is 2.18 bits per heavy atom. The molecule has 0 N–H and O–H groups in total. The van der Waals surface area contributed by atoms with Crippen molar-refractivity contribution in [2.75, 3.05) is 26.8 Å². The number of amides is 1. The van der Waals surface area contributed by atoms with E-state index in [0.29, 0.717) is 19.1 Å². The number of methoxy groups -OCH3 is 1. The van der Waals surface area contributed by atoms with E-state index < -0.39 is 0 Å². The lowest BCUT2D eigenvalue weighted by Gasteiger charge is -2.23. The first-order chi connectivity index (χ1) is 8.04. The third-order valence-electron chi connectivity index (χ3n) is 2.39. The van der Waals surface area contributed by atoms with Gasteiger partial charge in [-0.25, -0.2) is 0 Å². The third-order valence-corrected chi connectivity index (χ3v) is 3.38. The highest BCUT2D eigenvalue weighted by Gasteiger charge is 2.17. The second kappa shape index (κ2) is 6.77. The van der Waals surface area contributed by atoms with Gasteiger partial charge in [-0.1, -0.05) is 13.8 Å². The van der Waals surface area contributed by atoms with Crippen LogP contribution in [-0.4, -0.2) is 37.6 Å². The number of aryl methyl sites for hydroxylation is 1. The molecule has 0 aliphatic rings. The molecule has 1 aromatic rings. The lowest BCUT2D eigenvalue weighted by Crippen LogP contribution is -2.36. The fourth-order valence-corrected chi connectivity index (χ4v) is 2.46. The molecule has 4 heteroatoms. The summed E-state index contributed by atoms with van der Waals surface area (Å²) in [6.07, 6.45) is 0. The van der Waals surface area contributed by atoms with Crippen LogP contribution in [0.2, 0.25) is 0 Å². The number of carbonyl (C=O) groups is 1. The molecule has 1 rings (SSSR count). The van der Waals surface area contributed by atoms with E-state index in [1.807, 2.05) is 24.0 Å². The molecule has 0 spiro atoms. The van der Waals surface area contributed by atoms with Gasteiger partial charge in [0, 0.05) is 25.1 Å². The highest BCUT2D eigenvalue weighted by Crippen LogP contribution is 2.17. The normalized spacial score (nSPS) is 10.9. The average molecular weight is 255 g/mol. The van der Waals surface area contributed by atoms with Gasteiger partial charge in [0.15, 0.2) is 0 Å². The van der Waals surface area contributed by atoms with E-state index in [-0.39, 0.29) is 5.91 Å². The smallest absolute Gasteiger partial charge is 0.264 e. The van der Waals surface area contributed by atoms with Crippen LogP contribution in [-0.2, 0) is 4.74 Å². The minimum absolute atomic E-state index is 0.119. The van der Waals surface area contributed by atoms with Crippen LogP contribution in [0.15, 0.2) is 12.1 Å². The molecule has 0 radical (unpaired) electrons. The van der Waals surface area contributed by atoms with Gasteiger partial charge in [0.05, 0.1) is 11.5 Å². The molecule has 0 unspecified atom stereocenters. The third kappa shape index (κ3) is 4.48. The molecular formula is C13H21NO2S. The Morgan fingerprint density at radius 3 is 2.65 bits per heavy atom. The van der Waals surface area contributed by atoms with Crippen LogP contribution in [0.25, 0.3) is 0 Å². The van der Waals surface area contributed by atoms with Gasteiger partial charge in [-0.15, -0.1) is 11.3 Å². The van der Waals surface area contributed by atoms with E-state index in [2.05, 4.69) is 13.8 Å². The molecule has 17 heavy (non-hydrogen) atoms. The Bertz CT molecular complexity index is 360. The number of ether oxygens (including phenoxy) is 1. The molecule has 0 aromatic carbocycles. The Hall–Kier alpha value is -0.870. The van der Waals surface area contributed by atoms with Crippen LogP contribution in [0, 0.1) is 12.8 Å². The molecular weight excluding hydrogens is 234 g/mol. The second-order valence-electron chi connectivity index (χ2n) is 4.55. The van der Waals surface area contributed by atoms with Crippen molar-refractivity contribution in [2.45, 2.75) is 20.8 Å². The Kier molecular flexibility index (Phi) is 5.65. The van der Waals surface area contributed by atoms with Gasteiger partial charge in [-0.3, -0.25) is 4.79 Å². The fraction of sp³-hybridized carbons (Fsp3) is 0.615. The molecule has 0 fully saturated rings. The van der Waals surface area contributed by atoms with Gasteiger partial charge < -0.3 is 9.64 Å². The summed E-state index contributed by atoms with van der Waals surface area (Å²) < 4.78 is 5.05. The summed E-state index contributed by atoms with van der Waals surface area (Å²) in [4.78, 5) is 16.1. The molecule has 1 heterocycles. The molecule has 0 aliphatic heterocycles. The predicted molar refractivity (Wildman–Crippen MR) is 71.7 cm³/mol. The maximum atomic E-state index is 12.3. The zero-order valence-corrected chi connectivity index (χ0v) is 11.8. The summed E-state index contributed by atoms with van der Waals surface area (Å²) in [5.41, 5.74) is 0. The summed E-state index contributed by atoms with van der Waals surface area (Å²) in [7, 11) is 1.66. The minimum Gasteiger partial charge on any atom is -0.383 e. The molecule has 96 valence electrons. The SMILES string of the molecule is COCCN(CC(C)C)C(=O)c1ccc(C)s1. The summed E-state index contributed by atoms with van der Waals surface area (Å²) in [5, 5.41) is 0. The average Bonchev–Trinajstić information content (AvgIpc) is 2.69. The lowest BCUT2D eigenvalue weighted by molar-refractivity contribution is 0.0677. The van der Waals surface area contributed by atoms with Gasteiger partial charge in [0.25, 0.3) is 5.91 Å². The van der Waals surface area contributed by atoms with Crippen LogP contribution in [0.4, 0.5) is 0 Å². The van der Waals surface area contributed by atoms with E-state index in [1.165, 1.54) is 4.88 Å². The maximum absolute atomic E-state index is 12.3. The highest BCUT2D eigenvalue weighted by molar-refractivity contribution is 7.13. The van der Waals surface area contributed by atoms with Crippen LogP contribution in [0.5, 0.6) is 0 Å². The topological polar surface area (TPSA) is 29.5 Å². The van der Waals surface area contributed by atoms with E-state index >= 15 is 0 Å². The van der Waals surface area contributed by atoms with Gasteiger partial charge in [-0.05, 0) is 25.0 Å². The molecule has 1 amide bonds. The van der Waals surface area contributed by atoms with Gasteiger partial charge in [0.1, 0.15) is 0 Å². The van der Waals surface area contributed by atoms with Gasteiger partial charge >= 0.3 is 0 Å². The summed E-state index contributed by atoms with van der Waals surface area (Å²) >= 11 is 1.55. The van der Waals surface area contributed by atoms with Gasteiger partial charge in [0.2, 0.25) is 0 Å². The summed E-state index contributed by atoms with van der Waals surface area (Å²) in [5.74, 6) is 0.589. The summed E-state index contributed by atoms with van der Waals surface area (Å²) in [6, 6.07) is 3.89. The summed E-state index contributed by atoms with van der Waals surface area (Å²) in [6.45, 7) is 8.27. The monoisotopic (exact) mass is 255 g/mol. The van der Waals surface area contributed by atoms with Crippen molar-refractivity contribution in [2.24, 2.45) is 5.92 Å². The number of thiophene rings is 1. The largest absolute Gasteiger partial charge is 0.383 e. The number of hydrogen-bond acceptors (Lipinski definition) is 3. The van der Waals surface area contributed by atoms with Crippen LogP contribution in [0.1, 0.15) is 28.4 Å². The zero-order valence-electron chi connectivity index (χ0n) is 11.0. The predicted octanol–water partition coefficient (Wildman–Crippen LogP) is 2.80.